The standard InChI is InChI=1S/C12H17FN6O4/c13-1-6-22-7-8-23-10-11-9-18(16-15-11)5-4-17-3-2-14-12(17)19(20)21/h2-3,9H,1,4-8,10H2. The van der Waals surface area contributed by atoms with Gasteiger partial charge in [0.05, 0.1) is 45.7 Å². The second-order valence-corrected chi connectivity index (χ2v) is 4.50. The van der Waals surface area contributed by atoms with Crippen LogP contribution in [0.4, 0.5) is 10.3 Å². The van der Waals surface area contributed by atoms with Gasteiger partial charge in [-0.25, -0.2) is 13.6 Å². The van der Waals surface area contributed by atoms with Crippen LogP contribution >= 0.6 is 0 Å². The summed E-state index contributed by atoms with van der Waals surface area (Å²) in [6.07, 6.45) is 4.62. The largest absolute Gasteiger partial charge is 0.434 e. The van der Waals surface area contributed by atoms with E-state index in [9.17, 15) is 14.5 Å². The predicted molar refractivity (Wildman–Crippen MR) is 75.4 cm³/mol. The first kappa shape index (κ1) is 17.0. The Morgan fingerprint density at radius 2 is 2.09 bits per heavy atom. The zero-order valence-corrected chi connectivity index (χ0v) is 12.4. The van der Waals surface area contributed by atoms with E-state index in [4.69, 9.17) is 9.47 Å². The lowest BCUT2D eigenvalue weighted by Gasteiger charge is -2.02. The summed E-state index contributed by atoms with van der Waals surface area (Å²) in [7, 11) is 0. The van der Waals surface area contributed by atoms with Crippen molar-refractivity contribution in [2.75, 3.05) is 26.5 Å². The third-order valence-electron chi connectivity index (χ3n) is 2.86. The molecule has 11 heteroatoms. The maximum Gasteiger partial charge on any atom is 0.434 e. The van der Waals surface area contributed by atoms with Crippen LogP contribution in [0.15, 0.2) is 18.6 Å². The van der Waals surface area contributed by atoms with Crippen molar-refractivity contribution < 1.29 is 18.8 Å². The van der Waals surface area contributed by atoms with Gasteiger partial charge in [-0.15, -0.1) is 5.10 Å². The van der Waals surface area contributed by atoms with Crippen molar-refractivity contribution in [3.63, 3.8) is 0 Å². The van der Waals surface area contributed by atoms with Gasteiger partial charge in [0.2, 0.25) is 0 Å². The molecular weight excluding hydrogens is 311 g/mol. The van der Waals surface area contributed by atoms with Gasteiger partial charge >= 0.3 is 5.95 Å². The minimum Gasteiger partial charge on any atom is -0.390 e. The molecule has 0 radical (unpaired) electrons. The van der Waals surface area contributed by atoms with Crippen LogP contribution in [-0.2, 0) is 29.2 Å². The fourth-order valence-electron chi connectivity index (χ4n) is 1.82. The number of ether oxygens (including phenoxy) is 2. The lowest BCUT2D eigenvalue weighted by Crippen LogP contribution is -2.09. The number of alkyl halides is 1. The first-order chi connectivity index (χ1) is 11.2. The van der Waals surface area contributed by atoms with Crippen molar-refractivity contribution in [3.8, 4) is 0 Å². The number of aromatic nitrogens is 5. The molecule has 0 amide bonds. The van der Waals surface area contributed by atoms with Gasteiger partial charge in [-0.1, -0.05) is 10.2 Å². The van der Waals surface area contributed by atoms with E-state index in [0.717, 1.165) is 0 Å². The molecule has 23 heavy (non-hydrogen) atoms. The molecule has 0 spiro atoms. The molecule has 0 saturated heterocycles. The lowest BCUT2D eigenvalue weighted by atomic mass is 10.5. The number of halogens is 1. The molecule has 0 atom stereocenters. The number of hydrogen-bond donors (Lipinski definition) is 0. The molecule has 2 aromatic heterocycles. The minimum absolute atomic E-state index is 0.0694. The summed E-state index contributed by atoms with van der Waals surface area (Å²) < 4.78 is 25.0. The van der Waals surface area contributed by atoms with E-state index >= 15 is 0 Å². The van der Waals surface area contributed by atoms with Crippen molar-refractivity contribution in [2.45, 2.75) is 19.7 Å². The molecule has 0 fully saturated rings. The molecule has 126 valence electrons. The molecule has 0 unspecified atom stereocenters. The van der Waals surface area contributed by atoms with Crippen LogP contribution in [0.25, 0.3) is 0 Å². The van der Waals surface area contributed by atoms with Crippen LogP contribution in [0.5, 0.6) is 0 Å². The topological polar surface area (TPSA) is 110 Å². The van der Waals surface area contributed by atoms with Gasteiger partial charge in [0, 0.05) is 0 Å². The van der Waals surface area contributed by atoms with Crippen molar-refractivity contribution in [3.05, 3.63) is 34.4 Å². The molecule has 10 nitrogen and oxygen atoms in total. The van der Waals surface area contributed by atoms with Crippen LogP contribution in [0.3, 0.4) is 0 Å². The summed E-state index contributed by atoms with van der Waals surface area (Å²) in [5.41, 5.74) is 0.635. The average Bonchev–Trinajstić information content (AvgIpc) is 3.17. The summed E-state index contributed by atoms with van der Waals surface area (Å²) in [5.74, 6) is -0.207. The van der Waals surface area contributed by atoms with E-state index in [2.05, 4.69) is 15.3 Å². The Kier molecular flexibility index (Phi) is 6.56. The molecule has 2 aromatic rings. The van der Waals surface area contributed by atoms with Gasteiger partial charge in [-0.2, -0.15) is 0 Å². The minimum atomic E-state index is -0.536. The Morgan fingerprint density at radius 3 is 2.87 bits per heavy atom. The Bertz CT molecular complexity index is 616. The lowest BCUT2D eigenvalue weighted by molar-refractivity contribution is -0.396. The predicted octanol–water partition coefficient (Wildman–Crippen LogP) is 0.586. The molecule has 0 aliphatic rings. The monoisotopic (exact) mass is 328 g/mol. The quantitative estimate of drug-likeness (QED) is 0.337. The van der Waals surface area contributed by atoms with Gasteiger partial charge < -0.3 is 19.6 Å². The highest BCUT2D eigenvalue weighted by Gasteiger charge is 2.13. The molecule has 0 saturated carbocycles. The first-order valence-electron chi connectivity index (χ1n) is 6.96. The van der Waals surface area contributed by atoms with E-state index in [1.165, 1.54) is 17.0 Å². The molecular formula is C12H17FN6O4. The average molecular weight is 328 g/mol. The van der Waals surface area contributed by atoms with E-state index in [0.29, 0.717) is 32.0 Å². The number of nitro groups is 1. The fraction of sp³-hybridized carbons (Fsp3) is 0.583. The summed E-state index contributed by atoms with van der Waals surface area (Å²) >= 11 is 0. The molecule has 0 aromatic carbocycles. The first-order valence-corrected chi connectivity index (χ1v) is 6.96. The van der Waals surface area contributed by atoms with Crippen molar-refractivity contribution in [1.82, 2.24) is 24.5 Å². The summed E-state index contributed by atoms with van der Waals surface area (Å²) in [6.45, 7) is 1.27. The van der Waals surface area contributed by atoms with E-state index < -0.39 is 11.6 Å². The normalized spacial score (nSPS) is 11.0. The van der Waals surface area contributed by atoms with E-state index in [-0.39, 0.29) is 19.2 Å². The maximum absolute atomic E-state index is 11.8. The molecule has 0 N–H and O–H groups in total. The van der Waals surface area contributed by atoms with Gasteiger partial charge in [-0.05, 0) is 4.92 Å². The van der Waals surface area contributed by atoms with Gasteiger partial charge in [-0.3, -0.25) is 0 Å². The van der Waals surface area contributed by atoms with E-state index in [1.807, 2.05) is 0 Å². The van der Waals surface area contributed by atoms with Crippen LogP contribution in [0.1, 0.15) is 5.69 Å². The molecule has 0 aliphatic heterocycles. The summed E-state index contributed by atoms with van der Waals surface area (Å²) in [4.78, 5) is 13.9. The smallest absolute Gasteiger partial charge is 0.390 e. The number of imidazole rings is 1. The zero-order chi connectivity index (χ0) is 16.5. The van der Waals surface area contributed by atoms with Gasteiger partial charge in [0.25, 0.3) is 0 Å². The third kappa shape index (κ3) is 5.38. The number of nitrogens with zero attached hydrogens (tertiary/aromatic N) is 6. The Labute approximate surface area is 131 Å². The Morgan fingerprint density at radius 1 is 1.26 bits per heavy atom. The van der Waals surface area contributed by atoms with Crippen molar-refractivity contribution in [1.29, 1.82) is 0 Å². The second-order valence-electron chi connectivity index (χ2n) is 4.50. The van der Waals surface area contributed by atoms with Crippen molar-refractivity contribution >= 4 is 5.95 Å². The summed E-state index contributed by atoms with van der Waals surface area (Å²) in [5, 5.41) is 18.6. The zero-order valence-electron chi connectivity index (χ0n) is 12.4. The number of aryl methyl sites for hydroxylation is 2. The highest BCUT2D eigenvalue weighted by molar-refractivity contribution is 5.06. The maximum atomic E-state index is 11.8. The fourth-order valence-corrected chi connectivity index (χ4v) is 1.82. The molecule has 0 aliphatic carbocycles. The highest BCUT2D eigenvalue weighted by Crippen LogP contribution is 2.07. The molecule has 2 rings (SSSR count). The van der Waals surface area contributed by atoms with Gasteiger partial charge in [0.15, 0.2) is 0 Å². The Hall–Kier alpha value is -2.40. The molecule has 0 bridgehead atoms. The highest BCUT2D eigenvalue weighted by atomic mass is 19.1. The van der Waals surface area contributed by atoms with Crippen LogP contribution in [0.2, 0.25) is 0 Å². The SMILES string of the molecule is O=[N+]([O-])c1nccn1CCn1cc(COCCOCCF)nn1. The van der Waals surface area contributed by atoms with Crippen LogP contribution < -0.4 is 0 Å². The van der Waals surface area contributed by atoms with E-state index in [1.54, 1.807) is 10.9 Å². The Balaban J connectivity index is 1.72. The molecule has 2 heterocycles. The third-order valence-corrected chi connectivity index (χ3v) is 2.86. The van der Waals surface area contributed by atoms with Crippen LogP contribution in [0, 0.1) is 10.1 Å². The van der Waals surface area contributed by atoms with Gasteiger partial charge in [0.1, 0.15) is 24.8 Å². The van der Waals surface area contributed by atoms with Crippen LogP contribution in [-0.4, -0.2) is 56.0 Å². The number of rotatable bonds is 11. The summed E-state index contributed by atoms with van der Waals surface area (Å²) in [6, 6.07) is 0. The second kappa shape index (κ2) is 8.90. The number of hydrogen-bond acceptors (Lipinski definition) is 7. The van der Waals surface area contributed by atoms with Crippen molar-refractivity contribution in [2.24, 2.45) is 0 Å².